The zero-order chi connectivity index (χ0) is 15.1. The quantitative estimate of drug-likeness (QED) is 0.671. The Morgan fingerprint density at radius 3 is 2.67 bits per heavy atom. The van der Waals surface area contributed by atoms with E-state index in [1.54, 1.807) is 48.5 Å². The predicted molar refractivity (Wildman–Crippen MR) is 77.3 cm³/mol. The number of carbonyl (C=O) groups excluding carboxylic acids is 1. The van der Waals surface area contributed by atoms with E-state index in [2.05, 4.69) is 0 Å². The first kappa shape index (κ1) is 14.4. The van der Waals surface area contributed by atoms with Crippen molar-refractivity contribution in [2.24, 2.45) is 0 Å². The third-order valence-electron chi connectivity index (χ3n) is 2.69. The van der Waals surface area contributed by atoms with E-state index in [1.807, 2.05) is 6.07 Å². The summed E-state index contributed by atoms with van der Waals surface area (Å²) in [5.74, 6) is 0.0711. The number of benzene rings is 2. The summed E-state index contributed by atoms with van der Waals surface area (Å²) in [6.45, 7) is -0.0681. The summed E-state index contributed by atoms with van der Waals surface area (Å²) in [5, 5.41) is 8.78. The van der Waals surface area contributed by atoms with E-state index in [0.717, 1.165) is 5.56 Å². The highest BCUT2D eigenvalue weighted by molar-refractivity contribution is 5.71. The molecule has 2 rings (SSSR count). The largest absolute Gasteiger partial charge is 0.482 e. The summed E-state index contributed by atoms with van der Waals surface area (Å²) in [5.41, 5.74) is 7.46. The number of rotatable bonds is 5. The summed E-state index contributed by atoms with van der Waals surface area (Å²) < 4.78 is 10.3. The van der Waals surface area contributed by atoms with Crippen molar-refractivity contribution in [2.75, 3.05) is 12.3 Å². The maximum absolute atomic E-state index is 11.6. The first-order chi connectivity index (χ1) is 10.2. The van der Waals surface area contributed by atoms with Crippen LogP contribution in [0, 0.1) is 11.3 Å². The van der Waals surface area contributed by atoms with Gasteiger partial charge in [-0.15, -0.1) is 0 Å². The van der Waals surface area contributed by atoms with Crippen LogP contribution in [-0.4, -0.2) is 12.6 Å². The van der Waals surface area contributed by atoms with Gasteiger partial charge in [0.05, 0.1) is 11.6 Å². The van der Waals surface area contributed by atoms with E-state index in [0.29, 0.717) is 17.0 Å². The van der Waals surface area contributed by atoms with Crippen molar-refractivity contribution < 1.29 is 14.3 Å². The lowest BCUT2D eigenvalue weighted by Gasteiger charge is -2.07. The molecule has 106 valence electrons. The van der Waals surface area contributed by atoms with Crippen LogP contribution in [-0.2, 0) is 16.1 Å². The van der Waals surface area contributed by atoms with Crippen LogP contribution >= 0.6 is 0 Å². The van der Waals surface area contributed by atoms with Crippen LogP contribution in [0.25, 0.3) is 0 Å². The maximum atomic E-state index is 11.6. The number of nitrogens with zero attached hydrogens (tertiary/aromatic N) is 1. The van der Waals surface area contributed by atoms with E-state index in [4.69, 9.17) is 20.5 Å². The van der Waals surface area contributed by atoms with Gasteiger partial charge in [0, 0.05) is 5.69 Å². The number of nitrogen functional groups attached to an aromatic ring is 1. The second kappa shape index (κ2) is 6.96. The van der Waals surface area contributed by atoms with Gasteiger partial charge in [-0.1, -0.05) is 12.1 Å². The van der Waals surface area contributed by atoms with Crippen molar-refractivity contribution in [3.8, 4) is 11.8 Å². The molecule has 0 bridgehead atoms. The van der Waals surface area contributed by atoms with Gasteiger partial charge in [0.15, 0.2) is 6.61 Å². The van der Waals surface area contributed by atoms with Crippen molar-refractivity contribution >= 4 is 11.7 Å². The smallest absolute Gasteiger partial charge is 0.344 e. The number of hydrogen-bond acceptors (Lipinski definition) is 5. The van der Waals surface area contributed by atoms with Gasteiger partial charge < -0.3 is 15.2 Å². The average Bonchev–Trinajstić information content (AvgIpc) is 2.52. The summed E-state index contributed by atoms with van der Waals surface area (Å²) >= 11 is 0. The van der Waals surface area contributed by atoms with Gasteiger partial charge in [-0.25, -0.2) is 4.79 Å². The third kappa shape index (κ3) is 4.55. The van der Waals surface area contributed by atoms with Crippen LogP contribution in [0.4, 0.5) is 5.69 Å². The van der Waals surface area contributed by atoms with Crippen molar-refractivity contribution in [1.29, 1.82) is 5.26 Å². The predicted octanol–water partition coefficient (Wildman–Crippen LogP) is 2.26. The molecule has 2 aromatic carbocycles. The van der Waals surface area contributed by atoms with Crippen molar-refractivity contribution in [2.45, 2.75) is 6.61 Å². The molecule has 0 fully saturated rings. The molecule has 0 aromatic heterocycles. The van der Waals surface area contributed by atoms with E-state index in [-0.39, 0.29) is 13.2 Å². The molecule has 0 saturated heterocycles. The lowest BCUT2D eigenvalue weighted by atomic mass is 10.1. The molecule has 0 unspecified atom stereocenters. The summed E-state index contributed by atoms with van der Waals surface area (Å²) in [6, 6.07) is 15.7. The number of ether oxygens (including phenoxy) is 2. The Morgan fingerprint density at radius 2 is 1.95 bits per heavy atom. The molecular weight excluding hydrogens is 268 g/mol. The Bertz CT molecular complexity index is 660. The second-order valence-electron chi connectivity index (χ2n) is 4.33. The van der Waals surface area contributed by atoms with E-state index >= 15 is 0 Å². The molecular formula is C16H14N2O3. The Morgan fingerprint density at radius 1 is 1.19 bits per heavy atom. The van der Waals surface area contributed by atoms with E-state index in [9.17, 15) is 4.79 Å². The summed E-state index contributed by atoms with van der Waals surface area (Å²) in [4.78, 5) is 11.6. The Balaban J connectivity index is 1.79. The lowest BCUT2D eigenvalue weighted by molar-refractivity contribution is -0.147. The van der Waals surface area contributed by atoms with Crippen LogP contribution in [0.1, 0.15) is 11.1 Å². The Kier molecular flexibility index (Phi) is 4.78. The van der Waals surface area contributed by atoms with Crippen LogP contribution in [0.15, 0.2) is 48.5 Å². The summed E-state index contributed by atoms with van der Waals surface area (Å²) in [7, 11) is 0. The molecule has 2 N–H and O–H groups in total. The fourth-order valence-corrected chi connectivity index (χ4v) is 1.64. The minimum Gasteiger partial charge on any atom is -0.482 e. The SMILES string of the molecule is N#Cc1cccc(COC(=O)COc2ccc(N)cc2)c1. The topological polar surface area (TPSA) is 85.3 Å². The number of hydrogen-bond donors (Lipinski definition) is 1. The monoisotopic (exact) mass is 282 g/mol. The van der Waals surface area contributed by atoms with Gasteiger partial charge in [0.2, 0.25) is 0 Å². The van der Waals surface area contributed by atoms with Gasteiger partial charge in [-0.3, -0.25) is 0 Å². The standard InChI is InChI=1S/C16H14N2O3/c17-9-12-2-1-3-13(8-12)10-21-16(19)11-20-15-6-4-14(18)5-7-15/h1-8H,10-11,18H2. The summed E-state index contributed by atoms with van der Waals surface area (Å²) in [6.07, 6.45) is 0. The minimum absolute atomic E-state index is 0.111. The number of esters is 1. The average molecular weight is 282 g/mol. The van der Waals surface area contributed by atoms with Gasteiger partial charge in [0.25, 0.3) is 0 Å². The lowest BCUT2D eigenvalue weighted by Crippen LogP contribution is -2.14. The van der Waals surface area contributed by atoms with Crippen LogP contribution < -0.4 is 10.5 Å². The van der Waals surface area contributed by atoms with Crippen molar-refractivity contribution in [1.82, 2.24) is 0 Å². The van der Waals surface area contributed by atoms with E-state index in [1.165, 1.54) is 0 Å². The highest BCUT2D eigenvalue weighted by Gasteiger charge is 2.05. The molecule has 0 spiro atoms. The second-order valence-corrected chi connectivity index (χ2v) is 4.33. The number of carbonyl (C=O) groups is 1. The zero-order valence-corrected chi connectivity index (χ0v) is 11.3. The molecule has 21 heavy (non-hydrogen) atoms. The molecule has 0 atom stereocenters. The zero-order valence-electron chi connectivity index (χ0n) is 11.3. The normalized spacial score (nSPS) is 9.67. The molecule has 5 heteroatoms. The van der Waals surface area contributed by atoms with Crippen molar-refractivity contribution in [3.05, 3.63) is 59.7 Å². The highest BCUT2D eigenvalue weighted by Crippen LogP contribution is 2.13. The molecule has 0 saturated carbocycles. The van der Waals surface area contributed by atoms with E-state index < -0.39 is 5.97 Å². The molecule has 0 amide bonds. The van der Waals surface area contributed by atoms with Gasteiger partial charge in [-0.2, -0.15) is 5.26 Å². The highest BCUT2D eigenvalue weighted by atomic mass is 16.6. The van der Waals surface area contributed by atoms with Gasteiger partial charge >= 0.3 is 5.97 Å². The van der Waals surface area contributed by atoms with Crippen LogP contribution in [0.2, 0.25) is 0 Å². The number of anilines is 1. The minimum atomic E-state index is -0.478. The van der Waals surface area contributed by atoms with Crippen LogP contribution in [0.5, 0.6) is 5.75 Å². The number of nitrogens with two attached hydrogens (primary N) is 1. The molecule has 0 aliphatic carbocycles. The maximum Gasteiger partial charge on any atom is 0.344 e. The third-order valence-corrected chi connectivity index (χ3v) is 2.69. The Labute approximate surface area is 122 Å². The molecule has 0 heterocycles. The first-order valence-corrected chi connectivity index (χ1v) is 6.30. The molecule has 0 aliphatic rings. The molecule has 5 nitrogen and oxygen atoms in total. The molecule has 0 radical (unpaired) electrons. The fraction of sp³-hybridized carbons (Fsp3) is 0.125. The Hall–Kier alpha value is -3.00. The van der Waals surface area contributed by atoms with Gasteiger partial charge in [-0.05, 0) is 42.0 Å². The number of nitriles is 1. The molecule has 0 aliphatic heterocycles. The first-order valence-electron chi connectivity index (χ1n) is 6.30. The van der Waals surface area contributed by atoms with Gasteiger partial charge in [0.1, 0.15) is 12.4 Å². The molecule has 2 aromatic rings. The van der Waals surface area contributed by atoms with Crippen molar-refractivity contribution in [3.63, 3.8) is 0 Å². The van der Waals surface area contributed by atoms with Crippen LogP contribution in [0.3, 0.4) is 0 Å². The fourth-order valence-electron chi connectivity index (χ4n) is 1.64.